The van der Waals surface area contributed by atoms with Crippen LogP contribution in [-0.4, -0.2) is 33.9 Å². The van der Waals surface area contributed by atoms with E-state index in [-0.39, 0.29) is 19.8 Å². The molecule has 0 unspecified atom stereocenters. The molecule has 0 amide bonds. The van der Waals surface area contributed by atoms with Crippen LogP contribution in [0, 0.1) is 5.41 Å². The zero-order valence-electron chi connectivity index (χ0n) is 12.9. The van der Waals surface area contributed by atoms with Gasteiger partial charge in [-0.05, 0) is 24.3 Å². The molecule has 21 heavy (non-hydrogen) atoms. The Balaban J connectivity index is 0.00000220. The van der Waals surface area contributed by atoms with Gasteiger partial charge in [0.05, 0.1) is 5.71 Å². The van der Waals surface area contributed by atoms with E-state index in [1.807, 2.05) is 76.7 Å². The van der Waals surface area contributed by atoms with Crippen molar-refractivity contribution >= 4 is 17.1 Å². The third kappa shape index (κ3) is 4.16. The van der Waals surface area contributed by atoms with Gasteiger partial charge < -0.3 is 9.80 Å². The van der Waals surface area contributed by atoms with Crippen LogP contribution in [0.15, 0.2) is 48.5 Å². The van der Waals surface area contributed by atoms with Crippen LogP contribution in [0.2, 0.25) is 0 Å². The number of nitrogens with one attached hydrogen (secondary N) is 1. The van der Waals surface area contributed by atoms with Crippen molar-refractivity contribution in [3.05, 3.63) is 59.7 Å². The Labute approximate surface area is 140 Å². The van der Waals surface area contributed by atoms with Gasteiger partial charge >= 0.3 is 0 Å². The zero-order chi connectivity index (χ0) is 14.7. The Morgan fingerprint density at radius 1 is 0.667 bits per heavy atom. The summed E-state index contributed by atoms with van der Waals surface area (Å²) < 4.78 is 0. The smallest absolute Gasteiger partial charge is 0.0684 e. The minimum absolute atomic E-state index is 0. The first-order valence-electron chi connectivity index (χ1n) is 6.63. The monoisotopic (exact) mass is 459 g/mol. The fraction of sp³-hybridized carbons (Fsp3) is 0.235. The maximum atomic E-state index is 8.30. The topological polar surface area (TPSA) is 30.3 Å². The van der Waals surface area contributed by atoms with E-state index in [9.17, 15) is 0 Å². The molecule has 0 aliphatic carbocycles. The van der Waals surface area contributed by atoms with Crippen molar-refractivity contribution in [1.29, 1.82) is 5.41 Å². The third-order valence-corrected chi connectivity index (χ3v) is 3.34. The van der Waals surface area contributed by atoms with Crippen LogP contribution in [-0.2, 0) is 19.8 Å². The summed E-state index contributed by atoms with van der Waals surface area (Å²) in [4.78, 5) is 4.11. The summed E-state index contributed by atoms with van der Waals surface area (Å²) in [6.07, 6.45) is 0. The van der Waals surface area contributed by atoms with Crippen LogP contribution in [0.3, 0.4) is 0 Å². The molecule has 2 aromatic rings. The van der Waals surface area contributed by atoms with Gasteiger partial charge in [-0.3, -0.25) is 5.41 Å². The molecular weight excluding hydrogens is 436 g/mol. The summed E-state index contributed by atoms with van der Waals surface area (Å²) in [6, 6.07) is 16.1. The summed E-state index contributed by atoms with van der Waals surface area (Å²) in [5.74, 6) is 0. The second-order valence-electron chi connectivity index (χ2n) is 5.26. The number of rotatable bonds is 4. The van der Waals surface area contributed by atoms with Crippen LogP contribution in [0.5, 0.6) is 0 Å². The van der Waals surface area contributed by atoms with Crippen LogP contribution < -0.4 is 9.80 Å². The zero-order valence-corrected chi connectivity index (χ0v) is 15.4. The van der Waals surface area contributed by atoms with Crippen LogP contribution in [0.4, 0.5) is 11.4 Å². The number of hydrogen-bond acceptors (Lipinski definition) is 3. The molecule has 0 aliphatic heterocycles. The fourth-order valence-corrected chi connectivity index (χ4v) is 2.02. The molecule has 4 heteroatoms. The number of nitrogens with zero attached hydrogens (tertiary/aromatic N) is 2. The van der Waals surface area contributed by atoms with Gasteiger partial charge in [-0.2, -0.15) is 0 Å². The molecular formula is C17H21N3Os. The standard InChI is InChI=1S/C17H21N3.Os/c1-19(2)15-9-5-13(6-10-15)17(18)14-7-11-16(12-8-14)20(3)4;/h5-12,18H,1-4H3;. The summed E-state index contributed by atoms with van der Waals surface area (Å²) in [7, 11) is 8.06. The summed E-state index contributed by atoms with van der Waals surface area (Å²) >= 11 is 0. The minimum atomic E-state index is 0. The predicted molar refractivity (Wildman–Crippen MR) is 87.5 cm³/mol. The average molecular weight is 458 g/mol. The van der Waals surface area contributed by atoms with Crippen molar-refractivity contribution in [1.82, 2.24) is 0 Å². The van der Waals surface area contributed by atoms with E-state index in [2.05, 4.69) is 9.80 Å². The van der Waals surface area contributed by atoms with Crippen molar-refractivity contribution in [2.24, 2.45) is 0 Å². The Hall–Kier alpha value is -1.65. The Bertz CT molecular complexity index is 533. The molecule has 2 rings (SSSR count). The average Bonchev–Trinajstić information content (AvgIpc) is 2.46. The van der Waals surface area contributed by atoms with Crippen molar-refractivity contribution < 1.29 is 19.8 Å². The van der Waals surface area contributed by atoms with Crippen molar-refractivity contribution in [3.63, 3.8) is 0 Å². The van der Waals surface area contributed by atoms with Crippen molar-refractivity contribution in [2.75, 3.05) is 38.0 Å². The first-order chi connectivity index (χ1) is 9.49. The van der Waals surface area contributed by atoms with Gasteiger partial charge in [0.1, 0.15) is 0 Å². The van der Waals surface area contributed by atoms with E-state index < -0.39 is 0 Å². The van der Waals surface area contributed by atoms with Crippen LogP contribution in [0.1, 0.15) is 11.1 Å². The number of anilines is 2. The predicted octanol–water partition coefficient (Wildman–Crippen LogP) is 3.23. The van der Waals surface area contributed by atoms with Gasteiger partial charge in [0, 0.05) is 70.5 Å². The van der Waals surface area contributed by atoms with E-state index in [1.54, 1.807) is 0 Å². The first kappa shape index (κ1) is 17.4. The van der Waals surface area contributed by atoms with Gasteiger partial charge in [0.15, 0.2) is 0 Å². The third-order valence-electron chi connectivity index (χ3n) is 3.34. The molecule has 0 saturated carbocycles. The maximum Gasteiger partial charge on any atom is 0.0684 e. The molecule has 112 valence electrons. The number of hydrogen-bond donors (Lipinski definition) is 1. The molecule has 0 aromatic heterocycles. The molecule has 0 fully saturated rings. The van der Waals surface area contributed by atoms with E-state index in [0.717, 1.165) is 22.5 Å². The molecule has 2 aromatic carbocycles. The number of benzene rings is 2. The molecule has 0 heterocycles. The van der Waals surface area contributed by atoms with E-state index in [0.29, 0.717) is 5.71 Å². The van der Waals surface area contributed by atoms with E-state index >= 15 is 0 Å². The summed E-state index contributed by atoms with van der Waals surface area (Å²) in [6.45, 7) is 0. The molecule has 0 bridgehead atoms. The first-order valence-corrected chi connectivity index (χ1v) is 6.63. The van der Waals surface area contributed by atoms with Crippen LogP contribution in [0.25, 0.3) is 0 Å². The molecule has 1 N–H and O–H groups in total. The van der Waals surface area contributed by atoms with Gasteiger partial charge in [0.25, 0.3) is 0 Å². The Kier molecular flexibility index (Phi) is 6.12. The van der Waals surface area contributed by atoms with Gasteiger partial charge in [-0.25, -0.2) is 0 Å². The Morgan fingerprint density at radius 3 is 1.19 bits per heavy atom. The SMILES string of the molecule is CN(C)c1ccc(C(=N)c2ccc(N(C)C)cc2)cc1.[Os]. The minimum Gasteiger partial charge on any atom is -0.378 e. The van der Waals surface area contributed by atoms with E-state index in [1.165, 1.54) is 0 Å². The maximum absolute atomic E-state index is 8.30. The molecule has 3 nitrogen and oxygen atoms in total. The molecule has 0 atom stereocenters. The summed E-state index contributed by atoms with van der Waals surface area (Å²) in [5.41, 5.74) is 4.72. The van der Waals surface area contributed by atoms with Gasteiger partial charge in [-0.15, -0.1) is 0 Å². The van der Waals surface area contributed by atoms with Gasteiger partial charge in [0.2, 0.25) is 0 Å². The second-order valence-corrected chi connectivity index (χ2v) is 5.26. The van der Waals surface area contributed by atoms with E-state index in [4.69, 9.17) is 5.41 Å². The molecule has 0 spiro atoms. The molecule has 0 aliphatic rings. The van der Waals surface area contributed by atoms with Crippen molar-refractivity contribution in [3.8, 4) is 0 Å². The quantitative estimate of drug-likeness (QED) is 0.715. The normalized spacial score (nSPS) is 9.71. The molecule has 0 saturated heterocycles. The summed E-state index contributed by atoms with van der Waals surface area (Å²) in [5, 5.41) is 8.30. The van der Waals surface area contributed by atoms with Crippen molar-refractivity contribution in [2.45, 2.75) is 0 Å². The van der Waals surface area contributed by atoms with Gasteiger partial charge in [-0.1, -0.05) is 24.3 Å². The largest absolute Gasteiger partial charge is 0.378 e. The molecule has 0 radical (unpaired) electrons. The second kappa shape index (κ2) is 7.38. The van der Waals surface area contributed by atoms with Crippen LogP contribution >= 0.6 is 0 Å². The fourth-order valence-electron chi connectivity index (χ4n) is 2.02. The Morgan fingerprint density at radius 2 is 0.952 bits per heavy atom.